The van der Waals surface area contributed by atoms with Crippen molar-refractivity contribution in [3.8, 4) is 0 Å². The van der Waals surface area contributed by atoms with E-state index in [1.54, 1.807) is 11.0 Å². The lowest BCUT2D eigenvalue weighted by molar-refractivity contribution is 0.673. The first kappa shape index (κ1) is 23.1. The van der Waals surface area contributed by atoms with Gasteiger partial charge >= 0.3 is 0 Å². The molecule has 0 fully saturated rings. The van der Waals surface area contributed by atoms with Crippen LogP contribution in [0.4, 0.5) is 5.69 Å². The van der Waals surface area contributed by atoms with E-state index in [1.807, 2.05) is 7.05 Å². The van der Waals surface area contributed by atoms with Gasteiger partial charge in [0.1, 0.15) is 12.2 Å². The summed E-state index contributed by atoms with van der Waals surface area (Å²) < 4.78 is 1.76. The molecule has 0 amide bonds. The average Bonchev–Trinajstić information content (AvgIpc) is 3.37. The second-order valence-corrected chi connectivity index (χ2v) is 7.47. The highest BCUT2D eigenvalue weighted by Crippen LogP contribution is 2.28. The van der Waals surface area contributed by atoms with Crippen molar-refractivity contribution >= 4 is 35.6 Å². The first-order valence-electron chi connectivity index (χ1n) is 10.5. The van der Waals surface area contributed by atoms with Crippen molar-refractivity contribution in [2.24, 2.45) is 12.0 Å². The molecule has 1 aromatic heterocycles. The number of guanidine groups is 1. The second kappa shape index (κ2) is 11.1. The Morgan fingerprint density at radius 2 is 1.84 bits per heavy atom. The summed E-state index contributed by atoms with van der Waals surface area (Å²) in [6.45, 7) is 6.11. The molecule has 2 heterocycles. The highest BCUT2D eigenvalue weighted by Gasteiger charge is 2.18. The number of rotatable bonds is 7. The molecule has 4 rings (SSSR count). The molecule has 8 heteroatoms. The van der Waals surface area contributed by atoms with Crippen LogP contribution in [0, 0.1) is 0 Å². The predicted molar refractivity (Wildman–Crippen MR) is 136 cm³/mol. The third-order valence-electron chi connectivity index (χ3n) is 5.36. The largest absolute Gasteiger partial charge is 0.367 e. The summed E-state index contributed by atoms with van der Waals surface area (Å²) >= 11 is 0. The second-order valence-electron chi connectivity index (χ2n) is 7.47. The molecular weight excluding hydrogens is 501 g/mol. The Bertz CT molecular complexity index is 997. The SMILES string of the molecule is CCNC(=NCc1ccc(CN2CCc3ccccc32)cc1)NCc1ncnn1C.I. The number of hydrogen-bond donors (Lipinski definition) is 2. The maximum atomic E-state index is 4.70. The topological polar surface area (TPSA) is 70.4 Å². The number of halogens is 1. The Morgan fingerprint density at radius 3 is 2.58 bits per heavy atom. The van der Waals surface area contributed by atoms with Gasteiger partial charge in [-0.1, -0.05) is 42.5 Å². The molecule has 1 aliphatic rings. The van der Waals surface area contributed by atoms with Crippen LogP contribution in [0.15, 0.2) is 59.9 Å². The molecule has 164 valence electrons. The Kier molecular flexibility index (Phi) is 8.27. The van der Waals surface area contributed by atoms with E-state index < -0.39 is 0 Å². The third-order valence-corrected chi connectivity index (χ3v) is 5.36. The molecule has 0 saturated heterocycles. The zero-order chi connectivity index (χ0) is 20.8. The fourth-order valence-corrected chi connectivity index (χ4v) is 3.70. The maximum absolute atomic E-state index is 4.70. The summed E-state index contributed by atoms with van der Waals surface area (Å²) in [4.78, 5) is 11.4. The summed E-state index contributed by atoms with van der Waals surface area (Å²) in [5.41, 5.74) is 5.34. The summed E-state index contributed by atoms with van der Waals surface area (Å²) in [5, 5.41) is 10.7. The smallest absolute Gasteiger partial charge is 0.191 e. The molecule has 31 heavy (non-hydrogen) atoms. The van der Waals surface area contributed by atoms with E-state index in [1.165, 1.54) is 22.4 Å². The first-order chi connectivity index (χ1) is 14.7. The minimum atomic E-state index is 0. The highest BCUT2D eigenvalue weighted by molar-refractivity contribution is 14.0. The van der Waals surface area contributed by atoms with E-state index in [9.17, 15) is 0 Å². The Labute approximate surface area is 201 Å². The van der Waals surface area contributed by atoms with Gasteiger partial charge in [0.2, 0.25) is 0 Å². The van der Waals surface area contributed by atoms with Crippen LogP contribution in [0.25, 0.3) is 0 Å². The molecule has 2 N–H and O–H groups in total. The summed E-state index contributed by atoms with van der Waals surface area (Å²) in [6, 6.07) is 17.5. The van der Waals surface area contributed by atoms with Crippen molar-refractivity contribution in [2.75, 3.05) is 18.0 Å². The lowest BCUT2D eigenvalue weighted by atomic mass is 10.1. The van der Waals surface area contributed by atoms with Crippen molar-refractivity contribution in [3.05, 3.63) is 77.4 Å². The lowest BCUT2D eigenvalue weighted by Crippen LogP contribution is -2.37. The van der Waals surface area contributed by atoms with Gasteiger partial charge < -0.3 is 15.5 Å². The minimum Gasteiger partial charge on any atom is -0.367 e. The van der Waals surface area contributed by atoms with Crippen molar-refractivity contribution in [2.45, 2.75) is 33.0 Å². The molecule has 0 atom stereocenters. The maximum Gasteiger partial charge on any atom is 0.191 e. The van der Waals surface area contributed by atoms with E-state index in [4.69, 9.17) is 4.99 Å². The molecular formula is C23H30IN7. The summed E-state index contributed by atoms with van der Waals surface area (Å²) in [6.07, 6.45) is 2.70. The standard InChI is InChI=1S/C23H29N7.HI/c1-3-24-23(26-15-22-27-17-28-29(22)2)25-14-18-8-10-19(11-9-18)16-30-13-12-20-6-4-5-7-21(20)30;/h4-11,17H,3,12-16H2,1-2H3,(H2,24,25,26);1H. The number of nitrogens with one attached hydrogen (secondary N) is 2. The number of fused-ring (bicyclic) bond motifs is 1. The Hall–Kier alpha value is -2.62. The minimum absolute atomic E-state index is 0. The summed E-state index contributed by atoms with van der Waals surface area (Å²) in [5.74, 6) is 1.65. The van der Waals surface area contributed by atoms with Crippen LogP contribution >= 0.6 is 24.0 Å². The van der Waals surface area contributed by atoms with Crippen LogP contribution in [0.1, 0.15) is 29.4 Å². The number of nitrogens with zero attached hydrogens (tertiary/aromatic N) is 5. The fraction of sp³-hybridized carbons (Fsp3) is 0.348. The van der Waals surface area contributed by atoms with Crippen LogP contribution in [0.3, 0.4) is 0 Å². The van der Waals surface area contributed by atoms with Crippen LogP contribution in [0.5, 0.6) is 0 Å². The van der Waals surface area contributed by atoms with E-state index in [0.717, 1.165) is 37.8 Å². The summed E-state index contributed by atoms with van der Waals surface area (Å²) in [7, 11) is 1.89. The van der Waals surface area contributed by atoms with Gasteiger partial charge in [-0.2, -0.15) is 5.10 Å². The number of aliphatic imine (C=N–C) groups is 1. The van der Waals surface area contributed by atoms with Gasteiger partial charge in [0.05, 0.1) is 13.1 Å². The van der Waals surface area contributed by atoms with Crippen LogP contribution in [-0.2, 0) is 33.1 Å². The molecule has 0 bridgehead atoms. The van der Waals surface area contributed by atoms with E-state index in [0.29, 0.717) is 13.1 Å². The van der Waals surface area contributed by atoms with Crippen molar-refractivity contribution in [1.29, 1.82) is 0 Å². The van der Waals surface area contributed by atoms with E-state index >= 15 is 0 Å². The van der Waals surface area contributed by atoms with Crippen molar-refractivity contribution in [1.82, 2.24) is 25.4 Å². The van der Waals surface area contributed by atoms with E-state index in [-0.39, 0.29) is 24.0 Å². The first-order valence-corrected chi connectivity index (χ1v) is 10.5. The normalized spacial score (nSPS) is 13.0. The van der Waals surface area contributed by atoms with Gasteiger partial charge in [0.15, 0.2) is 5.96 Å². The molecule has 0 spiro atoms. The number of hydrogen-bond acceptors (Lipinski definition) is 4. The number of para-hydroxylation sites is 1. The van der Waals surface area contributed by atoms with Crippen molar-refractivity contribution < 1.29 is 0 Å². The molecule has 0 aliphatic carbocycles. The Morgan fingerprint density at radius 1 is 1.06 bits per heavy atom. The van der Waals surface area contributed by atoms with Gasteiger partial charge in [-0.05, 0) is 36.1 Å². The molecule has 3 aromatic rings. The van der Waals surface area contributed by atoms with E-state index in [2.05, 4.69) is 81.1 Å². The van der Waals surface area contributed by atoms with Gasteiger partial charge in [0, 0.05) is 32.4 Å². The number of benzene rings is 2. The third kappa shape index (κ3) is 5.96. The van der Waals surface area contributed by atoms with Gasteiger partial charge in [-0.3, -0.25) is 4.68 Å². The fourth-order valence-electron chi connectivity index (χ4n) is 3.70. The number of aromatic nitrogens is 3. The van der Waals surface area contributed by atoms with Crippen LogP contribution in [0.2, 0.25) is 0 Å². The molecule has 7 nitrogen and oxygen atoms in total. The molecule has 2 aromatic carbocycles. The number of aryl methyl sites for hydroxylation is 1. The van der Waals surface area contributed by atoms with Gasteiger partial charge in [0.25, 0.3) is 0 Å². The van der Waals surface area contributed by atoms with Crippen LogP contribution < -0.4 is 15.5 Å². The molecule has 0 unspecified atom stereocenters. The average molecular weight is 531 g/mol. The van der Waals surface area contributed by atoms with Crippen molar-refractivity contribution in [3.63, 3.8) is 0 Å². The predicted octanol–water partition coefficient (Wildman–Crippen LogP) is 3.25. The lowest BCUT2D eigenvalue weighted by Gasteiger charge is -2.19. The monoisotopic (exact) mass is 531 g/mol. The van der Waals surface area contributed by atoms with Gasteiger partial charge in [-0.15, -0.1) is 24.0 Å². The van der Waals surface area contributed by atoms with Crippen LogP contribution in [-0.4, -0.2) is 33.8 Å². The zero-order valence-corrected chi connectivity index (χ0v) is 20.4. The quantitative estimate of drug-likeness (QED) is 0.279. The van der Waals surface area contributed by atoms with Gasteiger partial charge in [-0.25, -0.2) is 9.98 Å². The molecule has 0 saturated carbocycles. The number of anilines is 1. The molecule has 0 radical (unpaired) electrons. The highest BCUT2D eigenvalue weighted by atomic mass is 127. The zero-order valence-electron chi connectivity index (χ0n) is 18.1. The molecule has 1 aliphatic heterocycles. The Balaban J connectivity index is 0.00000272.